The summed E-state index contributed by atoms with van der Waals surface area (Å²) in [7, 11) is 1.70. The fourth-order valence-corrected chi connectivity index (χ4v) is 3.54. The zero-order valence-electron chi connectivity index (χ0n) is 12.7. The molecule has 6 nitrogen and oxygen atoms in total. The monoisotopic (exact) mass is 295 g/mol. The lowest BCUT2D eigenvalue weighted by molar-refractivity contribution is -0.0228. The van der Waals surface area contributed by atoms with Crippen molar-refractivity contribution in [1.82, 2.24) is 15.5 Å². The molecule has 0 spiro atoms. The lowest BCUT2D eigenvalue weighted by Gasteiger charge is -2.29. The highest BCUT2D eigenvalue weighted by atomic mass is 16.5. The summed E-state index contributed by atoms with van der Waals surface area (Å²) in [4.78, 5) is 4.47. The molecule has 0 amide bonds. The van der Waals surface area contributed by atoms with Crippen LogP contribution >= 0.6 is 0 Å². The lowest BCUT2D eigenvalue weighted by Crippen LogP contribution is -2.40. The standard InChI is InChI=1S/C15H25N3O3/c1-20-12(11-5-3-2-4-6-11)13-17-14(21-18-13)15(19)7-9-16-10-8-15/h11-12,16,19H,2-10H2,1H3. The highest BCUT2D eigenvalue weighted by molar-refractivity contribution is 5.03. The van der Waals surface area contributed by atoms with E-state index in [-0.39, 0.29) is 6.10 Å². The maximum Gasteiger partial charge on any atom is 0.258 e. The quantitative estimate of drug-likeness (QED) is 0.883. The second kappa shape index (κ2) is 6.42. The molecule has 2 fully saturated rings. The Morgan fingerprint density at radius 2 is 2.00 bits per heavy atom. The van der Waals surface area contributed by atoms with Crippen LogP contribution in [0.25, 0.3) is 0 Å². The molecular weight excluding hydrogens is 270 g/mol. The maximum absolute atomic E-state index is 10.6. The van der Waals surface area contributed by atoms with Crippen molar-refractivity contribution in [3.8, 4) is 0 Å². The van der Waals surface area contributed by atoms with Crippen molar-refractivity contribution in [1.29, 1.82) is 0 Å². The first-order chi connectivity index (χ1) is 10.2. The number of hydrogen-bond donors (Lipinski definition) is 2. The average Bonchev–Trinajstić information content (AvgIpc) is 3.00. The molecule has 1 saturated carbocycles. The summed E-state index contributed by atoms with van der Waals surface area (Å²) in [6.45, 7) is 1.54. The van der Waals surface area contributed by atoms with Crippen LogP contribution in [0.4, 0.5) is 0 Å². The van der Waals surface area contributed by atoms with Crippen molar-refractivity contribution in [2.75, 3.05) is 20.2 Å². The van der Waals surface area contributed by atoms with E-state index in [9.17, 15) is 5.11 Å². The molecule has 0 aromatic carbocycles. The molecule has 6 heteroatoms. The van der Waals surface area contributed by atoms with E-state index in [2.05, 4.69) is 15.5 Å². The fraction of sp³-hybridized carbons (Fsp3) is 0.867. The van der Waals surface area contributed by atoms with E-state index in [0.29, 0.717) is 30.5 Å². The highest BCUT2D eigenvalue weighted by Gasteiger charge is 2.38. The minimum Gasteiger partial charge on any atom is -0.380 e. The summed E-state index contributed by atoms with van der Waals surface area (Å²) in [5.74, 6) is 1.39. The molecule has 1 aliphatic heterocycles. The molecule has 1 saturated heterocycles. The number of rotatable bonds is 4. The summed E-state index contributed by atoms with van der Waals surface area (Å²) in [5, 5.41) is 18.0. The van der Waals surface area contributed by atoms with Gasteiger partial charge in [-0.05, 0) is 44.7 Å². The van der Waals surface area contributed by atoms with E-state index < -0.39 is 5.60 Å². The number of aliphatic hydroxyl groups is 1. The first-order valence-corrected chi connectivity index (χ1v) is 8.03. The predicted molar refractivity (Wildman–Crippen MR) is 76.6 cm³/mol. The molecule has 2 heterocycles. The molecule has 0 bridgehead atoms. The molecule has 1 unspecified atom stereocenters. The highest BCUT2D eigenvalue weighted by Crippen LogP contribution is 2.36. The first kappa shape index (κ1) is 14.9. The van der Waals surface area contributed by atoms with Crippen molar-refractivity contribution in [2.45, 2.75) is 56.7 Å². The Morgan fingerprint density at radius 3 is 2.67 bits per heavy atom. The van der Waals surface area contributed by atoms with E-state index in [4.69, 9.17) is 9.26 Å². The van der Waals surface area contributed by atoms with Gasteiger partial charge in [-0.3, -0.25) is 0 Å². The number of nitrogens with zero attached hydrogens (tertiary/aromatic N) is 2. The van der Waals surface area contributed by atoms with Gasteiger partial charge in [0.25, 0.3) is 5.89 Å². The molecule has 3 rings (SSSR count). The Morgan fingerprint density at radius 1 is 1.29 bits per heavy atom. The minimum atomic E-state index is -0.985. The van der Waals surface area contributed by atoms with Crippen LogP contribution in [0.5, 0.6) is 0 Å². The van der Waals surface area contributed by atoms with Crippen LogP contribution in [-0.4, -0.2) is 35.4 Å². The largest absolute Gasteiger partial charge is 0.380 e. The summed E-state index contributed by atoms with van der Waals surface area (Å²) in [5.41, 5.74) is -0.985. The zero-order valence-corrected chi connectivity index (χ0v) is 12.7. The number of hydrogen-bond acceptors (Lipinski definition) is 6. The van der Waals surface area contributed by atoms with Gasteiger partial charge in [0.05, 0.1) is 0 Å². The van der Waals surface area contributed by atoms with Crippen LogP contribution in [0.1, 0.15) is 62.8 Å². The molecule has 118 valence electrons. The number of methoxy groups -OCH3 is 1. The molecule has 0 radical (unpaired) electrons. The van der Waals surface area contributed by atoms with Crippen molar-refractivity contribution in [3.05, 3.63) is 11.7 Å². The Bertz CT molecular complexity index is 451. The van der Waals surface area contributed by atoms with E-state index >= 15 is 0 Å². The van der Waals surface area contributed by atoms with Gasteiger partial charge in [0.2, 0.25) is 5.82 Å². The number of nitrogens with one attached hydrogen (secondary N) is 1. The Hall–Kier alpha value is -0.980. The summed E-state index contributed by atoms with van der Waals surface area (Å²) >= 11 is 0. The smallest absolute Gasteiger partial charge is 0.258 e. The molecule has 1 aliphatic carbocycles. The molecule has 2 aliphatic rings. The van der Waals surface area contributed by atoms with Crippen molar-refractivity contribution in [2.24, 2.45) is 5.92 Å². The van der Waals surface area contributed by atoms with Gasteiger partial charge in [0, 0.05) is 7.11 Å². The Balaban J connectivity index is 1.76. The van der Waals surface area contributed by atoms with Crippen molar-refractivity contribution in [3.63, 3.8) is 0 Å². The van der Waals surface area contributed by atoms with Crippen molar-refractivity contribution >= 4 is 0 Å². The van der Waals surface area contributed by atoms with E-state index in [1.807, 2.05) is 0 Å². The third-order valence-corrected chi connectivity index (χ3v) is 4.86. The second-order valence-electron chi connectivity index (χ2n) is 6.29. The van der Waals surface area contributed by atoms with Crippen LogP contribution < -0.4 is 5.32 Å². The van der Waals surface area contributed by atoms with E-state index in [0.717, 1.165) is 25.9 Å². The maximum atomic E-state index is 10.6. The van der Waals surface area contributed by atoms with Gasteiger partial charge < -0.3 is 19.7 Å². The number of ether oxygens (including phenoxy) is 1. The minimum absolute atomic E-state index is 0.117. The molecule has 2 N–H and O–H groups in total. The van der Waals surface area contributed by atoms with Crippen molar-refractivity contribution < 1.29 is 14.4 Å². The van der Waals surface area contributed by atoms with E-state index in [1.54, 1.807) is 7.11 Å². The van der Waals surface area contributed by atoms with Crippen LogP contribution in [0.2, 0.25) is 0 Å². The fourth-order valence-electron chi connectivity index (χ4n) is 3.54. The number of piperidine rings is 1. The van der Waals surface area contributed by atoms with Crippen LogP contribution in [-0.2, 0) is 10.3 Å². The van der Waals surface area contributed by atoms with Crippen LogP contribution in [0.3, 0.4) is 0 Å². The molecule has 1 aromatic rings. The summed E-state index contributed by atoms with van der Waals surface area (Å²) in [6, 6.07) is 0. The molecule has 1 aromatic heterocycles. The van der Waals surface area contributed by atoms with Gasteiger partial charge in [-0.1, -0.05) is 24.4 Å². The summed E-state index contributed by atoms with van der Waals surface area (Å²) in [6.07, 6.45) is 7.18. The molecule has 1 atom stereocenters. The van der Waals surface area contributed by atoms with Gasteiger partial charge in [-0.25, -0.2) is 0 Å². The third kappa shape index (κ3) is 3.12. The Kier molecular flexibility index (Phi) is 4.57. The van der Waals surface area contributed by atoms with Gasteiger partial charge in [-0.15, -0.1) is 0 Å². The first-order valence-electron chi connectivity index (χ1n) is 8.03. The molecule has 21 heavy (non-hydrogen) atoms. The second-order valence-corrected chi connectivity index (χ2v) is 6.29. The van der Waals surface area contributed by atoms with Crippen LogP contribution in [0.15, 0.2) is 4.52 Å². The number of aromatic nitrogens is 2. The SMILES string of the molecule is COC(c1noc(C2(O)CCNCC2)n1)C1CCCCC1. The van der Waals surface area contributed by atoms with Gasteiger partial charge in [0.1, 0.15) is 11.7 Å². The molecular formula is C15H25N3O3. The van der Waals surface area contributed by atoms with E-state index in [1.165, 1.54) is 19.3 Å². The van der Waals surface area contributed by atoms with Gasteiger partial charge in [-0.2, -0.15) is 4.98 Å². The topological polar surface area (TPSA) is 80.4 Å². The third-order valence-electron chi connectivity index (χ3n) is 4.86. The predicted octanol–water partition coefficient (Wildman–Crippen LogP) is 1.91. The average molecular weight is 295 g/mol. The zero-order chi connectivity index (χ0) is 14.7. The summed E-state index contributed by atoms with van der Waals surface area (Å²) < 4.78 is 11.0. The Labute approximate surface area is 125 Å². The van der Waals surface area contributed by atoms with Crippen LogP contribution in [0, 0.1) is 5.92 Å². The normalized spacial score (nSPS) is 24.9. The lowest BCUT2D eigenvalue weighted by atomic mass is 9.85. The van der Waals surface area contributed by atoms with Gasteiger partial charge in [0.15, 0.2) is 0 Å². The van der Waals surface area contributed by atoms with Gasteiger partial charge >= 0.3 is 0 Å².